The highest BCUT2D eigenvalue weighted by molar-refractivity contribution is 5.08. The molecule has 0 aromatic carbocycles. The Hall–Kier alpha value is -1.91. The fourth-order valence-corrected chi connectivity index (χ4v) is 1.72. The van der Waals surface area contributed by atoms with Gasteiger partial charge < -0.3 is 9.09 Å². The molecule has 0 atom stereocenters. The summed E-state index contributed by atoms with van der Waals surface area (Å²) in [5.41, 5.74) is 0.689. The first-order chi connectivity index (χ1) is 8.70. The lowest BCUT2D eigenvalue weighted by molar-refractivity contribution is 0.364. The minimum atomic E-state index is -0.0224. The lowest BCUT2D eigenvalue weighted by Crippen LogP contribution is -2.21. The van der Waals surface area contributed by atoms with Crippen LogP contribution in [0.3, 0.4) is 0 Å². The fourth-order valence-electron chi connectivity index (χ4n) is 1.72. The molecule has 2 aromatic rings. The van der Waals surface area contributed by atoms with E-state index in [0.29, 0.717) is 23.8 Å². The molecule has 5 heteroatoms. The molecule has 2 heterocycles. The molecule has 0 saturated carbocycles. The molecule has 0 N–H and O–H groups in total. The second-order valence-corrected chi connectivity index (χ2v) is 4.33. The standard InChI is InChI=1S/C13H17N3O2/c1-3-4-7-11-14-12(18-15-11)9-16-8-5-6-10(2)13(16)17/h5-6,8H,3-4,7,9H2,1-2H3. The van der Waals surface area contributed by atoms with Gasteiger partial charge in [0.1, 0.15) is 6.54 Å². The molecular formula is C13H17N3O2. The van der Waals surface area contributed by atoms with Gasteiger partial charge in [-0.25, -0.2) is 0 Å². The normalized spacial score (nSPS) is 10.8. The van der Waals surface area contributed by atoms with Gasteiger partial charge in [0.05, 0.1) is 0 Å². The van der Waals surface area contributed by atoms with Gasteiger partial charge in [0.2, 0.25) is 5.89 Å². The predicted molar refractivity (Wildman–Crippen MR) is 67.5 cm³/mol. The molecule has 0 amide bonds. The van der Waals surface area contributed by atoms with Crippen LogP contribution >= 0.6 is 0 Å². The summed E-state index contributed by atoms with van der Waals surface area (Å²) in [5.74, 6) is 1.20. The van der Waals surface area contributed by atoms with E-state index in [4.69, 9.17) is 4.52 Å². The summed E-state index contributed by atoms with van der Waals surface area (Å²) in [5, 5.41) is 3.90. The Kier molecular flexibility index (Phi) is 3.92. The third kappa shape index (κ3) is 2.85. The van der Waals surface area contributed by atoms with E-state index in [-0.39, 0.29) is 5.56 Å². The van der Waals surface area contributed by atoms with Crippen molar-refractivity contribution >= 4 is 0 Å². The number of rotatable bonds is 5. The lowest BCUT2D eigenvalue weighted by atomic mass is 10.2. The minimum Gasteiger partial charge on any atom is -0.337 e. The second-order valence-electron chi connectivity index (χ2n) is 4.33. The van der Waals surface area contributed by atoms with Gasteiger partial charge >= 0.3 is 0 Å². The van der Waals surface area contributed by atoms with E-state index in [9.17, 15) is 4.79 Å². The van der Waals surface area contributed by atoms with Crippen molar-refractivity contribution in [3.8, 4) is 0 Å². The Balaban J connectivity index is 2.11. The Labute approximate surface area is 105 Å². The molecule has 0 aliphatic heterocycles. The predicted octanol–water partition coefficient (Wildman–Crippen LogP) is 1.93. The van der Waals surface area contributed by atoms with Crippen molar-refractivity contribution in [1.82, 2.24) is 14.7 Å². The number of aromatic nitrogens is 3. The van der Waals surface area contributed by atoms with Gasteiger partial charge in [-0.1, -0.05) is 24.6 Å². The number of aryl methyl sites for hydroxylation is 2. The topological polar surface area (TPSA) is 60.9 Å². The first-order valence-corrected chi connectivity index (χ1v) is 6.18. The van der Waals surface area contributed by atoms with Crippen molar-refractivity contribution in [3.63, 3.8) is 0 Å². The van der Waals surface area contributed by atoms with Gasteiger partial charge in [-0.2, -0.15) is 4.98 Å². The molecule has 0 spiro atoms. The first kappa shape index (κ1) is 12.5. The smallest absolute Gasteiger partial charge is 0.253 e. The van der Waals surface area contributed by atoms with Crippen molar-refractivity contribution in [2.45, 2.75) is 39.7 Å². The summed E-state index contributed by atoms with van der Waals surface area (Å²) in [6, 6.07) is 3.63. The van der Waals surface area contributed by atoms with Crippen LogP contribution in [0.15, 0.2) is 27.6 Å². The molecule has 2 aromatic heterocycles. The Morgan fingerprint density at radius 1 is 1.44 bits per heavy atom. The van der Waals surface area contributed by atoms with Crippen LogP contribution in [0.1, 0.15) is 37.0 Å². The molecule has 0 fully saturated rings. The zero-order valence-electron chi connectivity index (χ0n) is 10.7. The fraction of sp³-hybridized carbons (Fsp3) is 0.462. The van der Waals surface area contributed by atoms with Crippen LogP contribution in [0.2, 0.25) is 0 Å². The van der Waals surface area contributed by atoms with Crippen LogP contribution in [-0.2, 0) is 13.0 Å². The van der Waals surface area contributed by atoms with E-state index in [1.165, 1.54) is 0 Å². The zero-order chi connectivity index (χ0) is 13.0. The molecule has 0 unspecified atom stereocenters. The average Bonchev–Trinajstić information content (AvgIpc) is 2.80. The number of hydrogen-bond donors (Lipinski definition) is 0. The third-order valence-electron chi connectivity index (χ3n) is 2.78. The summed E-state index contributed by atoms with van der Waals surface area (Å²) < 4.78 is 6.72. The Morgan fingerprint density at radius 2 is 2.28 bits per heavy atom. The molecule has 96 valence electrons. The van der Waals surface area contributed by atoms with E-state index < -0.39 is 0 Å². The van der Waals surface area contributed by atoms with Crippen LogP contribution in [0.25, 0.3) is 0 Å². The molecular weight excluding hydrogens is 230 g/mol. The summed E-state index contributed by atoms with van der Waals surface area (Å²) in [7, 11) is 0. The summed E-state index contributed by atoms with van der Waals surface area (Å²) in [6.07, 6.45) is 4.69. The monoisotopic (exact) mass is 247 g/mol. The number of nitrogens with zero attached hydrogens (tertiary/aromatic N) is 3. The molecule has 0 radical (unpaired) electrons. The van der Waals surface area contributed by atoms with Gasteiger partial charge in [-0.3, -0.25) is 4.79 Å². The van der Waals surface area contributed by atoms with Crippen molar-refractivity contribution in [2.24, 2.45) is 0 Å². The van der Waals surface area contributed by atoms with Crippen LogP contribution in [0, 0.1) is 6.92 Å². The highest BCUT2D eigenvalue weighted by Gasteiger charge is 2.07. The van der Waals surface area contributed by atoms with E-state index in [0.717, 1.165) is 19.3 Å². The molecule has 0 aliphatic rings. The van der Waals surface area contributed by atoms with E-state index in [2.05, 4.69) is 17.1 Å². The second kappa shape index (κ2) is 5.62. The minimum absolute atomic E-state index is 0.0224. The maximum atomic E-state index is 11.8. The van der Waals surface area contributed by atoms with E-state index in [1.54, 1.807) is 23.8 Å². The van der Waals surface area contributed by atoms with Crippen molar-refractivity contribution in [3.05, 3.63) is 46.0 Å². The molecule has 18 heavy (non-hydrogen) atoms. The number of unbranched alkanes of at least 4 members (excludes halogenated alkanes) is 1. The SMILES string of the molecule is CCCCc1noc(Cn2cccc(C)c2=O)n1. The lowest BCUT2D eigenvalue weighted by Gasteiger charge is -2.01. The van der Waals surface area contributed by atoms with Gasteiger partial charge in [0.25, 0.3) is 5.56 Å². The highest BCUT2D eigenvalue weighted by Crippen LogP contribution is 2.03. The van der Waals surface area contributed by atoms with Crippen LogP contribution < -0.4 is 5.56 Å². The highest BCUT2D eigenvalue weighted by atomic mass is 16.5. The maximum Gasteiger partial charge on any atom is 0.253 e. The quantitative estimate of drug-likeness (QED) is 0.810. The van der Waals surface area contributed by atoms with Crippen molar-refractivity contribution in [1.29, 1.82) is 0 Å². The largest absolute Gasteiger partial charge is 0.337 e. The number of hydrogen-bond acceptors (Lipinski definition) is 4. The third-order valence-corrected chi connectivity index (χ3v) is 2.78. The number of pyridine rings is 1. The van der Waals surface area contributed by atoms with E-state index >= 15 is 0 Å². The summed E-state index contributed by atoms with van der Waals surface area (Å²) in [6.45, 7) is 4.24. The Bertz CT molecular complexity index is 572. The van der Waals surface area contributed by atoms with Crippen LogP contribution in [-0.4, -0.2) is 14.7 Å². The van der Waals surface area contributed by atoms with E-state index in [1.807, 2.05) is 6.07 Å². The Morgan fingerprint density at radius 3 is 3.06 bits per heavy atom. The molecule has 5 nitrogen and oxygen atoms in total. The first-order valence-electron chi connectivity index (χ1n) is 6.18. The average molecular weight is 247 g/mol. The molecule has 2 rings (SSSR count). The van der Waals surface area contributed by atoms with Gasteiger partial charge in [0.15, 0.2) is 5.82 Å². The molecule has 0 aliphatic carbocycles. The summed E-state index contributed by atoms with van der Waals surface area (Å²) in [4.78, 5) is 16.1. The summed E-state index contributed by atoms with van der Waals surface area (Å²) >= 11 is 0. The molecule has 0 saturated heterocycles. The molecule has 0 bridgehead atoms. The van der Waals surface area contributed by atoms with Gasteiger partial charge in [-0.05, 0) is 19.4 Å². The zero-order valence-corrected chi connectivity index (χ0v) is 10.7. The van der Waals surface area contributed by atoms with Crippen molar-refractivity contribution < 1.29 is 4.52 Å². The van der Waals surface area contributed by atoms with Crippen LogP contribution in [0.4, 0.5) is 0 Å². The van der Waals surface area contributed by atoms with Crippen LogP contribution in [0.5, 0.6) is 0 Å². The van der Waals surface area contributed by atoms with Crippen molar-refractivity contribution in [2.75, 3.05) is 0 Å². The maximum absolute atomic E-state index is 11.8. The van der Waals surface area contributed by atoms with Gasteiger partial charge in [0, 0.05) is 18.2 Å². The van der Waals surface area contributed by atoms with Gasteiger partial charge in [-0.15, -0.1) is 0 Å².